The summed E-state index contributed by atoms with van der Waals surface area (Å²) in [5, 5.41) is 0.942. The Balaban J connectivity index is 1.96. The molecule has 84 valence electrons. The standard InChI is InChI=1S/C15H11FO/c16-13-7-6-12-9-14(17-15(12)10-13)8-11-4-2-1-3-5-11/h1-7,9-10H,8H2. The van der Waals surface area contributed by atoms with Gasteiger partial charge in [-0.15, -0.1) is 0 Å². The Hall–Kier alpha value is -2.09. The van der Waals surface area contributed by atoms with Crippen LogP contribution >= 0.6 is 0 Å². The Labute approximate surface area is 98.5 Å². The molecule has 1 heterocycles. The van der Waals surface area contributed by atoms with Crippen LogP contribution in [0.5, 0.6) is 0 Å². The molecule has 2 aromatic carbocycles. The largest absolute Gasteiger partial charge is 0.461 e. The van der Waals surface area contributed by atoms with E-state index in [0.29, 0.717) is 5.58 Å². The Morgan fingerprint density at radius 2 is 1.76 bits per heavy atom. The maximum absolute atomic E-state index is 13.0. The normalized spacial score (nSPS) is 10.9. The van der Waals surface area contributed by atoms with Gasteiger partial charge in [0.1, 0.15) is 17.2 Å². The Morgan fingerprint density at radius 3 is 2.59 bits per heavy atom. The summed E-state index contributed by atoms with van der Waals surface area (Å²) in [6.45, 7) is 0. The summed E-state index contributed by atoms with van der Waals surface area (Å²) in [5.74, 6) is 0.593. The average Bonchev–Trinajstić information content (AvgIpc) is 2.71. The van der Waals surface area contributed by atoms with Gasteiger partial charge in [-0.25, -0.2) is 4.39 Å². The van der Waals surface area contributed by atoms with Crippen LogP contribution in [0, 0.1) is 5.82 Å². The second-order valence-electron chi connectivity index (χ2n) is 4.06. The van der Waals surface area contributed by atoms with Crippen LogP contribution in [0.1, 0.15) is 11.3 Å². The molecule has 0 amide bonds. The predicted molar refractivity (Wildman–Crippen MR) is 65.4 cm³/mol. The summed E-state index contributed by atoms with van der Waals surface area (Å²) in [6.07, 6.45) is 0.733. The van der Waals surface area contributed by atoms with Crippen LogP contribution in [-0.4, -0.2) is 0 Å². The van der Waals surface area contributed by atoms with Crippen molar-refractivity contribution in [1.29, 1.82) is 0 Å². The van der Waals surface area contributed by atoms with Crippen LogP contribution in [0.15, 0.2) is 59.0 Å². The third-order valence-corrected chi connectivity index (χ3v) is 2.75. The first-order chi connectivity index (χ1) is 8.31. The van der Waals surface area contributed by atoms with Gasteiger partial charge in [0.2, 0.25) is 0 Å². The number of rotatable bonds is 2. The van der Waals surface area contributed by atoms with E-state index in [1.54, 1.807) is 6.07 Å². The summed E-state index contributed by atoms with van der Waals surface area (Å²) in [7, 11) is 0. The zero-order valence-electron chi connectivity index (χ0n) is 9.19. The highest BCUT2D eigenvalue weighted by Crippen LogP contribution is 2.22. The molecule has 0 atom stereocenters. The van der Waals surface area contributed by atoms with Crippen molar-refractivity contribution in [2.45, 2.75) is 6.42 Å². The fourth-order valence-electron chi connectivity index (χ4n) is 1.94. The molecular formula is C15H11FO. The third kappa shape index (κ3) is 2.07. The minimum atomic E-state index is -0.266. The van der Waals surface area contributed by atoms with Crippen molar-refractivity contribution >= 4 is 11.0 Å². The summed E-state index contributed by atoms with van der Waals surface area (Å²) in [6, 6.07) is 16.6. The molecule has 0 N–H and O–H groups in total. The van der Waals surface area contributed by atoms with Gasteiger partial charge >= 0.3 is 0 Å². The summed E-state index contributed by atoms with van der Waals surface area (Å²) in [4.78, 5) is 0. The van der Waals surface area contributed by atoms with Gasteiger partial charge in [-0.1, -0.05) is 30.3 Å². The molecule has 0 bridgehead atoms. The van der Waals surface area contributed by atoms with Crippen LogP contribution in [0.4, 0.5) is 4.39 Å². The topological polar surface area (TPSA) is 13.1 Å². The molecule has 2 heteroatoms. The number of halogens is 1. The van der Waals surface area contributed by atoms with Crippen molar-refractivity contribution < 1.29 is 8.81 Å². The fourth-order valence-corrected chi connectivity index (χ4v) is 1.94. The lowest BCUT2D eigenvalue weighted by Gasteiger charge is -1.96. The van der Waals surface area contributed by atoms with Crippen LogP contribution < -0.4 is 0 Å². The Morgan fingerprint density at radius 1 is 0.941 bits per heavy atom. The van der Waals surface area contributed by atoms with E-state index < -0.39 is 0 Å². The van der Waals surface area contributed by atoms with Crippen molar-refractivity contribution in [3.63, 3.8) is 0 Å². The summed E-state index contributed by atoms with van der Waals surface area (Å²) >= 11 is 0. The smallest absolute Gasteiger partial charge is 0.137 e. The van der Waals surface area contributed by atoms with Gasteiger partial charge in [0, 0.05) is 17.9 Å². The third-order valence-electron chi connectivity index (χ3n) is 2.75. The SMILES string of the molecule is Fc1ccc2cc(Cc3ccccc3)oc2c1. The maximum atomic E-state index is 13.0. The Kier molecular flexibility index (Phi) is 2.41. The van der Waals surface area contributed by atoms with Gasteiger partial charge in [0.25, 0.3) is 0 Å². The highest BCUT2D eigenvalue weighted by Gasteiger charge is 2.05. The lowest BCUT2D eigenvalue weighted by atomic mass is 10.1. The van der Waals surface area contributed by atoms with Crippen molar-refractivity contribution in [1.82, 2.24) is 0 Å². The second kappa shape index (κ2) is 4.06. The number of fused-ring (bicyclic) bond motifs is 1. The maximum Gasteiger partial charge on any atom is 0.137 e. The van der Waals surface area contributed by atoms with E-state index in [-0.39, 0.29) is 5.82 Å². The molecular weight excluding hydrogens is 215 g/mol. The van der Waals surface area contributed by atoms with Crippen molar-refractivity contribution in [2.75, 3.05) is 0 Å². The minimum Gasteiger partial charge on any atom is -0.461 e. The molecule has 3 aromatic rings. The average molecular weight is 226 g/mol. The van der Waals surface area contributed by atoms with Gasteiger partial charge in [-0.2, -0.15) is 0 Å². The molecule has 0 fully saturated rings. The van der Waals surface area contributed by atoms with Crippen LogP contribution in [0.25, 0.3) is 11.0 Å². The quantitative estimate of drug-likeness (QED) is 0.639. The number of hydrogen-bond acceptors (Lipinski definition) is 1. The molecule has 0 saturated carbocycles. The highest BCUT2D eigenvalue weighted by atomic mass is 19.1. The van der Waals surface area contributed by atoms with Crippen molar-refractivity contribution in [3.05, 3.63) is 71.7 Å². The molecule has 0 aliphatic heterocycles. The van der Waals surface area contributed by atoms with E-state index in [1.165, 1.54) is 17.7 Å². The van der Waals surface area contributed by atoms with E-state index in [4.69, 9.17) is 4.42 Å². The zero-order chi connectivity index (χ0) is 11.7. The first-order valence-corrected chi connectivity index (χ1v) is 5.53. The van der Waals surface area contributed by atoms with E-state index in [9.17, 15) is 4.39 Å². The molecule has 17 heavy (non-hydrogen) atoms. The van der Waals surface area contributed by atoms with E-state index in [0.717, 1.165) is 17.6 Å². The molecule has 0 aliphatic carbocycles. The fraction of sp³-hybridized carbons (Fsp3) is 0.0667. The zero-order valence-corrected chi connectivity index (χ0v) is 9.19. The first-order valence-electron chi connectivity index (χ1n) is 5.53. The lowest BCUT2D eigenvalue weighted by Crippen LogP contribution is -1.83. The highest BCUT2D eigenvalue weighted by molar-refractivity contribution is 5.77. The molecule has 0 spiro atoms. The second-order valence-corrected chi connectivity index (χ2v) is 4.06. The molecule has 1 aromatic heterocycles. The first kappa shape index (κ1) is 10.1. The number of furan rings is 1. The van der Waals surface area contributed by atoms with Crippen molar-refractivity contribution in [3.8, 4) is 0 Å². The molecule has 0 saturated heterocycles. The number of hydrogen-bond donors (Lipinski definition) is 0. The Bertz CT molecular complexity index is 640. The van der Waals surface area contributed by atoms with E-state index >= 15 is 0 Å². The van der Waals surface area contributed by atoms with Crippen LogP contribution in [0.2, 0.25) is 0 Å². The minimum absolute atomic E-state index is 0.266. The van der Waals surface area contributed by atoms with Gasteiger partial charge < -0.3 is 4.42 Å². The predicted octanol–water partition coefficient (Wildman–Crippen LogP) is 4.16. The number of benzene rings is 2. The molecule has 0 unspecified atom stereocenters. The van der Waals surface area contributed by atoms with Crippen molar-refractivity contribution in [2.24, 2.45) is 0 Å². The lowest BCUT2D eigenvalue weighted by molar-refractivity contribution is 0.557. The van der Waals surface area contributed by atoms with Gasteiger partial charge in [-0.05, 0) is 23.8 Å². The van der Waals surface area contributed by atoms with Crippen LogP contribution in [-0.2, 0) is 6.42 Å². The summed E-state index contributed by atoms with van der Waals surface area (Å²) in [5.41, 5.74) is 1.79. The summed E-state index contributed by atoms with van der Waals surface area (Å²) < 4.78 is 18.6. The van der Waals surface area contributed by atoms with Gasteiger partial charge in [0.15, 0.2) is 0 Å². The van der Waals surface area contributed by atoms with E-state index in [1.807, 2.05) is 36.4 Å². The molecule has 0 radical (unpaired) electrons. The monoisotopic (exact) mass is 226 g/mol. The van der Waals surface area contributed by atoms with Gasteiger partial charge in [0.05, 0.1) is 0 Å². The molecule has 3 rings (SSSR count). The van der Waals surface area contributed by atoms with Gasteiger partial charge in [-0.3, -0.25) is 0 Å². The van der Waals surface area contributed by atoms with E-state index in [2.05, 4.69) is 0 Å². The van der Waals surface area contributed by atoms with Crippen LogP contribution in [0.3, 0.4) is 0 Å². The molecule has 1 nitrogen and oxygen atoms in total. The molecule has 0 aliphatic rings.